The molecule has 2 amide bonds. The van der Waals surface area contributed by atoms with E-state index in [2.05, 4.69) is 22.1 Å². The van der Waals surface area contributed by atoms with Crippen LogP contribution in [0.15, 0.2) is 52.3 Å². The van der Waals surface area contributed by atoms with Crippen molar-refractivity contribution in [1.29, 1.82) is 0 Å². The molecule has 9 nitrogen and oxygen atoms in total. The van der Waals surface area contributed by atoms with Crippen LogP contribution in [0.3, 0.4) is 0 Å². The third-order valence-electron chi connectivity index (χ3n) is 6.52. The maximum atomic E-state index is 13.6. The number of carbonyl (C=O) groups excluding carboxylic acids is 2. The lowest BCUT2D eigenvalue weighted by atomic mass is 10.0. The summed E-state index contributed by atoms with van der Waals surface area (Å²) in [6, 6.07) is 13.0. The maximum Gasteiger partial charge on any atom is 0.267 e. The molecule has 2 unspecified atom stereocenters. The molecular formula is C27H28N6O3S. The van der Waals surface area contributed by atoms with Crippen LogP contribution in [-0.4, -0.2) is 43.4 Å². The highest BCUT2D eigenvalue weighted by Crippen LogP contribution is 2.35. The van der Waals surface area contributed by atoms with Crippen molar-refractivity contribution in [2.24, 2.45) is 5.73 Å². The average molecular weight is 517 g/mol. The van der Waals surface area contributed by atoms with Gasteiger partial charge in [-0.05, 0) is 43.4 Å². The van der Waals surface area contributed by atoms with Gasteiger partial charge in [0.05, 0.1) is 11.7 Å². The van der Waals surface area contributed by atoms with Crippen LogP contribution in [0.2, 0.25) is 0 Å². The lowest BCUT2D eigenvalue weighted by Crippen LogP contribution is -2.31. The van der Waals surface area contributed by atoms with E-state index in [-0.39, 0.29) is 35.1 Å². The summed E-state index contributed by atoms with van der Waals surface area (Å²) in [7, 11) is 0. The Labute approximate surface area is 218 Å². The lowest BCUT2D eigenvalue weighted by molar-refractivity contribution is 0.0735. The minimum absolute atomic E-state index is 0.0271. The normalized spacial score (nSPS) is 16.2. The van der Waals surface area contributed by atoms with Gasteiger partial charge in [-0.2, -0.15) is 0 Å². The summed E-state index contributed by atoms with van der Waals surface area (Å²) in [5.74, 6) is -0.385. The van der Waals surface area contributed by atoms with E-state index in [0.29, 0.717) is 18.0 Å². The summed E-state index contributed by atoms with van der Waals surface area (Å²) in [6.45, 7) is 4.67. The van der Waals surface area contributed by atoms with Crippen molar-refractivity contribution >= 4 is 23.2 Å². The number of nitrogens with zero attached hydrogens (tertiary/aromatic N) is 5. The molecule has 0 aliphatic carbocycles. The number of aromatic nitrogens is 4. The topological polar surface area (TPSA) is 128 Å². The molecule has 4 aromatic rings. The molecule has 2 N–H and O–H groups in total. The second-order valence-corrected chi connectivity index (χ2v) is 10.1. The molecular weight excluding hydrogens is 488 g/mol. The van der Waals surface area contributed by atoms with Gasteiger partial charge in [0.15, 0.2) is 0 Å². The number of aryl methyl sites for hydroxylation is 1. The molecule has 5 rings (SSSR count). The quantitative estimate of drug-likeness (QED) is 0.363. The second-order valence-electron chi connectivity index (χ2n) is 9.21. The lowest BCUT2D eigenvalue weighted by Gasteiger charge is -2.23. The number of nitrogens with two attached hydrogens (primary N) is 1. The van der Waals surface area contributed by atoms with Gasteiger partial charge in [0.2, 0.25) is 5.89 Å². The van der Waals surface area contributed by atoms with Crippen LogP contribution in [0.4, 0.5) is 0 Å². The van der Waals surface area contributed by atoms with Crippen molar-refractivity contribution in [2.45, 2.75) is 51.5 Å². The van der Waals surface area contributed by atoms with E-state index in [4.69, 9.17) is 15.1 Å². The van der Waals surface area contributed by atoms with E-state index < -0.39 is 5.91 Å². The number of hydrogen-bond acceptors (Lipinski definition) is 8. The fourth-order valence-electron chi connectivity index (χ4n) is 4.55. The van der Waals surface area contributed by atoms with E-state index in [1.807, 2.05) is 47.5 Å². The largest absolute Gasteiger partial charge is 0.419 e. The van der Waals surface area contributed by atoms with E-state index in [1.165, 1.54) is 6.07 Å². The Balaban J connectivity index is 1.42. The first-order chi connectivity index (χ1) is 17.9. The van der Waals surface area contributed by atoms with Crippen LogP contribution in [0.25, 0.3) is 11.6 Å². The first-order valence-electron chi connectivity index (χ1n) is 12.4. The predicted molar refractivity (Wildman–Crippen MR) is 139 cm³/mol. The first kappa shape index (κ1) is 24.8. The number of pyridine rings is 1. The molecule has 0 radical (unpaired) electrons. The number of thiazole rings is 1. The molecule has 1 aromatic carbocycles. The zero-order valence-electron chi connectivity index (χ0n) is 20.8. The maximum absolute atomic E-state index is 13.6. The molecule has 0 spiro atoms. The van der Waals surface area contributed by atoms with Crippen molar-refractivity contribution in [3.05, 3.63) is 81.3 Å². The molecule has 1 aliphatic heterocycles. The Morgan fingerprint density at radius 3 is 2.73 bits per heavy atom. The van der Waals surface area contributed by atoms with Gasteiger partial charge in [-0.15, -0.1) is 21.5 Å². The molecule has 3 aromatic heterocycles. The Morgan fingerprint density at radius 2 is 2.00 bits per heavy atom. The number of amides is 2. The van der Waals surface area contributed by atoms with Crippen molar-refractivity contribution in [3.8, 4) is 11.6 Å². The first-order valence-corrected chi connectivity index (χ1v) is 13.3. The number of carbonyl (C=O) groups is 2. The average Bonchev–Trinajstić information content (AvgIpc) is 3.69. The van der Waals surface area contributed by atoms with Crippen LogP contribution < -0.4 is 5.73 Å². The molecule has 10 heteroatoms. The van der Waals surface area contributed by atoms with Crippen molar-refractivity contribution in [2.75, 3.05) is 6.54 Å². The number of likely N-dealkylation sites (tertiary alicyclic amines) is 1. The number of benzene rings is 1. The molecule has 190 valence electrons. The van der Waals surface area contributed by atoms with Gasteiger partial charge in [0, 0.05) is 23.4 Å². The number of primary amides is 1. The summed E-state index contributed by atoms with van der Waals surface area (Å²) < 4.78 is 5.93. The SMILES string of the molecule is CCc1csc(C2CCCN2C(=O)c2cc(C(N)=O)nc(-c3nnc(C(C)Cc4ccccc4)o3)c2)n1. The Bertz CT molecular complexity index is 1420. The van der Waals surface area contributed by atoms with Gasteiger partial charge in [0.25, 0.3) is 17.7 Å². The summed E-state index contributed by atoms with van der Waals surface area (Å²) in [6.07, 6.45) is 3.30. The van der Waals surface area contributed by atoms with Gasteiger partial charge < -0.3 is 15.1 Å². The van der Waals surface area contributed by atoms with Crippen LogP contribution in [0, 0.1) is 0 Å². The number of rotatable bonds is 8. The van der Waals surface area contributed by atoms with E-state index in [0.717, 1.165) is 41.9 Å². The van der Waals surface area contributed by atoms with Crippen molar-refractivity contribution < 1.29 is 14.0 Å². The minimum atomic E-state index is -0.737. The summed E-state index contributed by atoms with van der Waals surface area (Å²) in [5.41, 5.74) is 8.25. The monoisotopic (exact) mass is 516 g/mol. The molecule has 0 bridgehead atoms. The highest BCUT2D eigenvalue weighted by atomic mass is 32.1. The molecule has 37 heavy (non-hydrogen) atoms. The zero-order valence-corrected chi connectivity index (χ0v) is 21.6. The molecule has 0 saturated carbocycles. The predicted octanol–water partition coefficient (Wildman–Crippen LogP) is 4.57. The molecule has 1 fully saturated rings. The van der Waals surface area contributed by atoms with Crippen molar-refractivity contribution in [3.63, 3.8) is 0 Å². The Morgan fingerprint density at radius 1 is 1.19 bits per heavy atom. The summed E-state index contributed by atoms with van der Waals surface area (Å²) in [5, 5.41) is 11.3. The molecule has 4 heterocycles. The highest BCUT2D eigenvalue weighted by molar-refractivity contribution is 7.09. The van der Waals surface area contributed by atoms with Crippen LogP contribution in [0.1, 0.15) is 81.7 Å². The molecule has 1 saturated heterocycles. The van der Waals surface area contributed by atoms with Gasteiger partial charge in [-0.25, -0.2) is 9.97 Å². The Hall–Kier alpha value is -3.92. The summed E-state index contributed by atoms with van der Waals surface area (Å²) >= 11 is 1.58. The second kappa shape index (κ2) is 10.6. The fourth-order valence-corrected chi connectivity index (χ4v) is 5.60. The third-order valence-corrected chi connectivity index (χ3v) is 7.52. The van der Waals surface area contributed by atoms with Gasteiger partial charge in [-0.3, -0.25) is 9.59 Å². The summed E-state index contributed by atoms with van der Waals surface area (Å²) in [4.78, 5) is 36.5. The highest BCUT2D eigenvalue weighted by Gasteiger charge is 2.33. The van der Waals surface area contributed by atoms with Gasteiger partial charge in [-0.1, -0.05) is 44.2 Å². The van der Waals surface area contributed by atoms with E-state index in [1.54, 1.807) is 17.4 Å². The standard InChI is InChI=1S/C27H28N6O3S/c1-3-19-15-37-26(29-19)22-10-7-11-33(22)27(35)18-13-20(23(28)34)30-21(14-18)25-32-31-24(36-25)16(2)12-17-8-5-4-6-9-17/h4-6,8-9,13-16,22H,3,7,10-12H2,1-2H3,(H2,28,34). The van der Waals surface area contributed by atoms with E-state index >= 15 is 0 Å². The van der Waals surface area contributed by atoms with Crippen LogP contribution >= 0.6 is 11.3 Å². The molecule has 2 atom stereocenters. The van der Waals surface area contributed by atoms with Gasteiger partial charge >= 0.3 is 0 Å². The van der Waals surface area contributed by atoms with Crippen molar-refractivity contribution in [1.82, 2.24) is 25.1 Å². The minimum Gasteiger partial charge on any atom is -0.419 e. The third kappa shape index (κ3) is 5.29. The number of hydrogen-bond donors (Lipinski definition) is 1. The fraction of sp³-hybridized carbons (Fsp3) is 0.333. The van der Waals surface area contributed by atoms with E-state index in [9.17, 15) is 9.59 Å². The van der Waals surface area contributed by atoms with Crippen LogP contribution in [0.5, 0.6) is 0 Å². The zero-order chi connectivity index (χ0) is 25.9. The van der Waals surface area contributed by atoms with Gasteiger partial charge in [0.1, 0.15) is 16.4 Å². The van der Waals surface area contributed by atoms with Crippen LogP contribution in [-0.2, 0) is 12.8 Å². The smallest absolute Gasteiger partial charge is 0.267 e. The molecule has 1 aliphatic rings. The Kier molecular flexibility index (Phi) is 7.09.